The second-order valence-corrected chi connectivity index (χ2v) is 7.59. The first-order valence-corrected chi connectivity index (χ1v) is 10.3. The third kappa shape index (κ3) is 6.00. The maximum atomic E-state index is 12.0. The number of halogens is 1. The van der Waals surface area contributed by atoms with Crippen molar-refractivity contribution in [3.05, 3.63) is 76.4 Å². The number of carbonyl (C=O) groups is 1. The molecular weight excluding hydrogens is 402 g/mol. The molecular formula is C23H26ClN3O3. The van der Waals surface area contributed by atoms with E-state index in [9.17, 15) is 4.79 Å². The van der Waals surface area contributed by atoms with Crippen LogP contribution in [0.2, 0.25) is 5.02 Å². The van der Waals surface area contributed by atoms with Gasteiger partial charge in [0, 0.05) is 28.4 Å². The van der Waals surface area contributed by atoms with Crippen LogP contribution in [0.25, 0.3) is 0 Å². The first-order valence-electron chi connectivity index (χ1n) is 9.92. The summed E-state index contributed by atoms with van der Waals surface area (Å²) in [7, 11) is 0. The number of aromatic nitrogens is 2. The fraction of sp³-hybridized carbons (Fsp3) is 0.304. The third-order valence-electron chi connectivity index (χ3n) is 4.71. The molecule has 1 unspecified atom stereocenters. The summed E-state index contributed by atoms with van der Waals surface area (Å²) < 4.78 is 13.1. The maximum Gasteiger partial charge on any atom is 0.414 e. The fourth-order valence-corrected chi connectivity index (χ4v) is 3.02. The van der Waals surface area contributed by atoms with Gasteiger partial charge in [-0.05, 0) is 44.0 Å². The molecule has 7 heteroatoms. The number of aryl methyl sites for hydroxylation is 1. The average Bonchev–Trinajstić information content (AvgIpc) is 3.06. The lowest BCUT2D eigenvalue weighted by molar-refractivity contribution is 0.194. The molecule has 0 aliphatic carbocycles. The highest BCUT2D eigenvalue weighted by molar-refractivity contribution is 6.30. The highest BCUT2D eigenvalue weighted by Gasteiger charge is 2.14. The van der Waals surface area contributed by atoms with Gasteiger partial charge in [0.25, 0.3) is 0 Å². The molecule has 1 N–H and O–H groups in total. The Morgan fingerprint density at radius 1 is 1.20 bits per heavy atom. The summed E-state index contributed by atoms with van der Waals surface area (Å²) in [4.78, 5) is 12.0. The molecule has 0 spiro atoms. The van der Waals surface area contributed by atoms with Gasteiger partial charge in [-0.1, -0.05) is 48.9 Å². The Kier molecular flexibility index (Phi) is 7.36. The van der Waals surface area contributed by atoms with Crippen molar-refractivity contribution in [3.8, 4) is 11.6 Å². The molecule has 0 aliphatic heterocycles. The number of carbonyl (C=O) groups excluding carboxylic acids is 1. The molecule has 0 aliphatic rings. The fourth-order valence-electron chi connectivity index (χ4n) is 2.83. The summed E-state index contributed by atoms with van der Waals surface area (Å²) in [5, 5.41) is 7.78. The highest BCUT2D eigenvalue weighted by Crippen LogP contribution is 2.26. The maximum absolute atomic E-state index is 12.0. The van der Waals surface area contributed by atoms with E-state index in [1.54, 1.807) is 16.8 Å². The van der Waals surface area contributed by atoms with Crippen molar-refractivity contribution in [2.45, 2.75) is 46.4 Å². The number of hydrogen-bond acceptors (Lipinski definition) is 4. The summed E-state index contributed by atoms with van der Waals surface area (Å²) in [5.74, 6) is 0.984. The number of nitrogens with zero attached hydrogens (tertiary/aromatic N) is 2. The van der Waals surface area contributed by atoms with Crippen molar-refractivity contribution >= 4 is 17.7 Å². The first-order chi connectivity index (χ1) is 14.4. The normalized spacial score (nSPS) is 11.7. The number of benzene rings is 2. The van der Waals surface area contributed by atoms with Crippen LogP contribution in [0.15, 0.2) is 54.6 Å². The molecule has 3 rings (SSSR count). The Bertz CT molecular complexity index is 989. The van der Waals surface area contributed by atoms with Gasteiger partial charge >= 0.3 is 6.09 Å². The van der Waals surface area contributed by atoms with E-state index in [1.165, 1.54) is 0 Å². The lowest BCUT2D eigenvalue weighted by atomic mass is 10.2. The molecule has 0 radical (unpaired) electrons. The molecule has 0 fully saturated rings. The van der Waals surface area contributed by atoms with Crippen molar-refractivity contribution in [2.24, 2.45) is 0 Å². The highest BCUT2D eigenvalue weighted by atomic mass is 35.5. The van der Waals surface area contributed by atoms with Gasteiger partial charge in [0.2, 0.25) is 5.88 Å². The molecule has 1 atom stereocenters. The van der Waals surface area contributed by atoms with Gasteiger partial charge in [-0.3, -0.25) is 4.68 Å². The Morgan fingerprint density at radius 2 is 1.97 bits per heavy atom. The predicted molar refractivity (Wildman–Crippen MR) is 117 cm³/mol. The molecule has 1 aromatic heterocycles. The number of nitrogens with one attached hydrogen (secondary N) is 1. The average molecular weight is 428 g/mol. The van der Waals surface area contributed by atoms with E-state index in [1.807, 2.05) is 63.2 Å². The second kappa shape index (κ2) is 10.2. The number of hydrogen-bond donors (Lipinski definition) is 1. The first kappa shape index (κ1) is 21.7. The number of ether oxygens (including phenoxy) is 2. The predicted octanol–water partition coefficient (Wildman–Crippen LogP) is 5.36. The zero-order valence-corrected chi connectivity index (χ0v) is 18.1. The van der Waals surface area contributed by atoms with Crippen LogP contribution in [-0.2, 0) is 13.2 Å². The minimum Gasteiger partial charge on any atom is -0.489 e. The summed E-state index contributed by atoms with van der Waals surface area (Å²) in [6, 6.07) is 17.2. The van der Waals surface area contributed by atoms with E-state index in [0.717, 1.165) is 29.0 Å². The Balaban J connectivity index is 1.72. The Morgan fingerprint density at radius 3 is 2.70 bits per heavy atom. The quantitative estimate of drug-likeness (QED) is 0.525. The molecule has 0 saturated carbocycles. The van der Waals surface area contributed by atoms with E-state index in [4.69, 9.17) is 21.1 Å². The topological polar surface area (TPSA) is 65.4 Å². The second-order valence-electron chi connectivity index (χ2n) is 7.15. The summed E-state index contributed by atoms with van der Waals surface area (Å²) in [6.07, 6.45) is 0.312. The van der Waals surface area contributed by atoms with Crippen molar-refractivity contribution in [1.82, 2.24) is 15.1 Å². The molecule has 2 aromatic carbocycles. The van der Waals surface area contributed by atoms with Crippen LogP contribution in [0.3, 0.4) is 0 Å². The Labute approximate surface area is 181 Å². The van der Waals surface area contributed by atoms with E-state index >= 15 is 0 Å². The van der Waals surface area contributed by atoms with E-state index in [-0.39, 0.29) is 11.9 Å². The van der Waals surface area contributed by atoms with E-state index in [0.29, 0.717) is 18.2 Å². The van der Waals surface area contributed by atoms with Gasteiger partial charge in [0.1, 0.15) is 12.4 Å². The summed E-state index contributed by atoms with van der Waals surface area (Å²) in [5.41, 5.74) is 2.83. The van der Waals surface area contributed by atoms with Crippen molar-refractivity contribution < 1.29 is 14.3 Å². The van der Waals surface area contributed by atoms with Crippen LogP contribution in [0.5, 0.6) is 11.6 Å². The van der Waals surface area contributed by atoms with Crippen molar-refractivity contribution in [1.29, 1.82) is 0 Å². The molecule has 6 nitrogen and oxygen atoms in total. The minimum atomic E-state index is -0.511. The molecule has 1 heterocycles. The molecule has 0 bridgehead atoms. The lowest BCUT2D eigenvalue weighted by Crippen LogP contribution is -2.34. The van der Waals surface area contributed by atoms with Crippen LogP contribution < -0.4 is 14.8 Å². The minimum absolute atomic E-state index is 0.0384. The third-order valence-corrected chi connectivity index (χ3v) is 4.95. The van der Waals surface area contributed by atoms with Gasteiger partial charge < -0.3 is 14.8 Å². The zero-order valence-electron chi connectivity index (χ0n) is 17.4. The molecule has 30 heavy (non-hydrogen) atoms. The standard InChI is InChI=1S/C23H26ClN3O3/c1-4-16(2)25-23(28)30-22-12-17(3)27(26-22)14-19-13-20(24)10-11-21(19)29-15-18-8-6-5-7-9-18/h5-13,16H,4,14-15H2,1-3H3,(H,25,28). The largest absolute Gasteiger partial charge is 0.489 e. The number of amides is 1. The van der Waals surface area contributed by atoms with Crippen LogP contribution in [0.4, 0.5) is 4.79 Å². The van der Waals surface area contributed by atoms with Crippen LogP contribution in [-0.4, -0.2) is 21.9 Å². The molecule has 0 saturated heterocycles. The smallest absolute Gasteiger partial charge is 0.414 e. The van der Waals surface area contributed by atoms with Crippen LogP contribution in [0.1, 0.15) is 37.1 Å². The van der Waals surface area contributed by atoms with Gasteiger partial charge in [-0.2, -0.15) is 0 Å². The van der Waals surface area contributed by atoms with Gasteiger partial charge in [0.05, 0.1) is 6.54 Å². The van der Waals surface area contributed by atoms with Crippen molar-refractivity contribution in [2.75, 3.05) is 0 Å². The monoisotopic (exact) mass is 427 g/mol. The summed E-state index contributed by atoms with van der Waals surface area (Å²) in [6.45, 7) is 6.71. The van der Waals surface area contributed by atoms with E-state index < -0.39 is 6.09 Å². The molecule has 158 valence electrons. The van der Waals surface area contributed by atoms with Gasteiger partial charge in [-0.15, -0.1) is 5.10 Å². The van der Waals surface area contributed by atoms with Crippen molar-refractivity contribution in [3.63, 3.8) is 0 Å². The Hall–Kier alpha value is -2.99. The number of rotatable bonds is 8. The van der Waals surface area contributed by atoms with Crippen LogP contribution >= 0.6 is 11.6 Å². The lowest BCUT2D eigenvalue weighted by Gasteiger charge is -2.13. The molecule has 1 amide bonds. The van der Waals surface area contributed by atoms with Gasteiger partial charge in [0.15, 0.2) is 0 Å². The zero-order chi connectivity index (χ0) is 21.5. The van der Waals surface area contributed by atoms with Gasteiger partial charge in [-0.25, -0.2) is 4.79 Å². The van der Waals surface area contributed by atoms with E-state index in [2.05, 4.69) is 10.4 Å². The molecule has 3 aromatic rings. The SMILES string of the molecule is CCC(C)NC(=O)Oc1cc(C)n(Cc2cc(Cl)ccc2OCc2ccccc2)n1. The summed E-state index contributed by atoms with van der Waals surface area (Å²) >= 11 is 6.21. The van der Waals surface area contributed by atoms with Crippen LogP contribution in [0, 0.1) is 6.92 Å².